The summed E-state index contributed by atoms with van der Waals surface area (Å²) in [7, 11) is 4.26. The standard InChI is InChI=1S/C23H22N4O7/c1-31-18-8-13(9-19(32-2)21(18)33-3)23(30)25-11-20(29)34-12-17(28)14(10-24)22-26-15-6-4-5-7-16(15)27-22/h4-9,28H,11-12H2,1-3H3,(H,25,30)(H,26,27)/b17-14-. The number of nitrogens with one attached hydrogen (secondary N) is 2. The van der Waals surface area contributed by atoms with Gasteiger partial charge in [0.25, 0.3) is 5.91 Å². The first kappa shape index (κ1) is 23.9. The zero-order chi connectivity index (χ0) is 24.7. The van der Waals surface area contributed by atoms with Gasteiger partial charge in [0.1, 0.15) is 24.8 Å². The third-order valence-electron chi connectivity index (χ3n) is 4.72. The average molecular weight is 466 g/mol. The Hall–Kier alpha value is -4.72. The number of para-hydroxylation sites is 2. The number of allylic oxidation sites excluding steroid dienone is 1. The van der Waals surface area contributed by atoms with E-state index in [0.717, 1.165) is 0 Å². The molecule has 0 atom stereocenters. The molecule has 2 aromatic carbocycles. The van der Waals surface area contributed by atoms with Crippen molar-refractivity contribution in [3.05, 3.63) is 53.5 Å². The number of benzene rings is 2. The van der Waals surface area contributed by atoms with E-state index in [9.17, 15) is 20.0 Å². The molecule has 34 heavy (non-hydrogen) atoms. The number of aromatic amines is 1. The van der Waals surface area contributed by atoms with Gasteiger partial charge < -0.3 is 34.4 Å². The fraction of sp³-hybridized carbons (Fsp3) is 0.217. The van der Waals surface area contributed by atoms with Gasteiger partial charge in [-0.05, 0) is 24.3 Å². The molecule has 3 N–H and O–H groups in total. The van der Waals surface area contributed by atoms with Crippen molar-refractivity contribution < 1.29 is 33.6 Å². The molecule has 3 aromatic rings. The van der Waals surface area contributed by atoms with Crippen LogP contribution in [0.3, 0.4) is 0 Å². The van der Waals surface area contributed by atoms with Crippen molar-refractivity contribution in [2.24, 2.45) is 0 Å². The van der Waals surface area contributed by atoms with E-state index in [0.29, 0.717) is 16.8 Å². The Bertz CT molecular complexity index is 1230. The second-order valence-corrected chi connectivity index (χ2v) is 6.79. The number of hydrogen-bond acceptors (Lipinski definition) is 9. The van der Waals surface area contributed by atoms with Gasteiger partial charge in [0, 0.05) is 5.56 Å². The molecule has 0 spiro atoms. The average Bonchev–Trinajstić information content (AvgIpc) is 3.29. The summed E-state index contributed by atoms with van der Waals surface area (Å²) >= 11 is 0. The molecule has 3 rings (SSSR count). The number of carbonyl (C=O) groups is 2. The number of aliphatic hydroxyl groups excluding tert-OH is 1. The molecule has 0 unspecified atom stereocenters. The number of methoxy groups -OCH3 is 3. The lowest BCUT2D eigenvalue weighted by atomic mass is 10.1. The largest absolute Gasteiger partial charge is 0.507 e. The van der Waals surface area contributed by atoms with Gasteiger partial charge in [0.2, 0.25) is 5.75 Å². The first-order valence-electron chi connectivity index (χ1n) is 9.93. The predicted molar refractivity (Wildman–Crippen MR) is 121 cm³/mol. The van der Waals surface area contributed by atoms with Crippen molar-refractivity contribution in [1.29, 1.82) is 5.26 Å². The van der Waals surface area contributed by atoms with E-state index in [2.05, 4.69) is 15.3 Å². The molecule has 0 aliphatic rings. The highest BCUT2D eigenvalue weighted by molar-refractivity contribution is 5.97. The normalized spacial score (nSPS) is 11.2. The highest BCUT2D eigenvalue weighted by atomic mass is 16.5. The Morgan fingerprint density at radius 2 is 1.79 bits per heavy atom. The maximum Gasteiger partial charge on any atom is 0.325 e. The lowest BCUT2D eigenvalue weighted by Crippen LogP contribution is -2.31. The molecule has 1 amide bonds. The zero-order valence-corrected chi connectivity index (χ0v) is 18.7. The number of rotatable bonds is 9. The molecule has 0 aliphatic heterocycles. The second kappa shape index (κ2) is 10.7. The Morgan fingerprint density at radius 1 is 1.12 bits per heavy atom. The number of aliphatic hydroxyl groups is 1. The highest BCUT2D eigenvalue weighted by Gasteiger charge is 2.18. The Morgan fingerprint density at radius 3 is 2.38 bits per heavy atom. The van der Waals surface area contributed by atoms with Gasteiger partial charge in [0.05, 0.1) is 32.4 Å². The lowest BCUT2D eigenvalue weighted by Gasteiger charge is -2.14. The molecule has 11 nitrogen and oxygen atoms in total. The van der Waals surface area contributed by atoms with Crippen LogP contribution in [0.4, 0.5) is 0 Å². The molecular formula is C23H22N4O7. The molecule has 0 fully saturated rings. The molecule has 0 aliphatic carbocycles. The summed E-state index contributed by atoms with van der Waals surface area (Å²) in [5.41, 5.74) is 1.31. The first-order chi connectivity index (χ1) is 16.4. The summed E-state index contributed by atoms with van der Waals surface area (Å²) < 4.78 is 20.6. The number of ether oxygens (including phenoxy) is 4. The molecule has 11 heteroatoms. The van der Waals surface area contributed by atoms with Gasteiger partial charge in [-0.2, -0.15) is 5.26 Å². The molecule has 1 aromatic heterocycles. The molecule has 0 radical (unpaired) electrons. The summed E-state index contributed by atoms with van der Waals surface area (Å²) in [5, 5.41) is 22.1. The number of esters is 1. The van der Waals surface area contributed by atoms with Crippen molar-refractivity contribution in [1.82, 2.24) is 15.3 Å². The number of carbonyl (C=O) groups excluding carboxylic acids is 2. The summed E-state index contributed by atoms with van der Waals surface area (Å²) in [6.07, 6.45) is 0. The van der Waals surface area contributed by atoms with E-state index in [1.54, 1.807) is 24.3 Å². The van der Waals surface area contributed by atoms with Crippen molar-refractivity contribution in [3.63, 3.8) is 0 Å². The van der Waals surface area contributed by atoms with Crippen molar-refractivity contribution in [2.75, 3.05) is 34.5 Å². The van der Waals surface area contributed by atoms with Crippen LogP contribution in [0.15, 0.2) is 42.2 Å². The monoisotopic (exact) mass is 466 g/mol. The third kappa shape index (κ3) is 5.18. The zero-order valence-electron chi connectivity index (χ0n) is 18.7. The van der Waals surface area contributed by atoms with E-state index < -0.39 is 30.8 Å². The van der Waals surface area contributed by atoms with Crippen LogP contribution in [0.25, 0.3) is 16.6 Å². The van der Waals surface area contributed by atoms with Gasteiger partial charge in [-0.15, -0.1) is 0 Å². The summed E-state index contributed by atoms with van der Waals surface area (Å²) in [4.78, 5) is 31.7. The summed E-state index contributed by atoms with van der Waals surface area (Å²) in [6, 6.07) is 11.8. The number of fused-ring (bicyclic) bond motifs is 1. The minimum absolute atomic E-state index is 0.146. The van der Waals surface area contributed by atoms with Crippen molar-refractivity contribution in [3.8, 4) is 23.3 Å². The molecule has 0 saturated carbocycles. The second-order valence-electron chi connectivity index (χ2n) is 6.79. The number of nitrogens with zero attached hydrogens (tertiary/aromatic N) is 2. The first-order valence-corrected chi connectivity index (χ1v) is 9.93. The summed E-state index contributed by atoms with van der Waals surface area (Å²) in [6.45, 7) is -1.05. The third-order valence-corrected chi connectivity index (χ3v) is 4.72. The molecule has 0 saturated heterocycles. The Kier molecular flexibility index (Phi) is 7.56. The fourth-order valence-corrected chi connectivity index (χ4v) is 3.06. The van der Waals surface area contributed by atoms with Gasteiger partial charge in [0.15, 0.2) is 23.1 Å². The maximum atomic E-state index is 12.5. The highest BCUT2D eigenvalue weighted by Crippen LogP contribution is 2.38. The van der Waals surface area contributed by atoms with Gasteiger partial charge in [-0.3, -0.25) is 9.59 Å². The van der Waals surface area contributed by atoms with E-state index in [-0.39, 0.29) is 28.5 Å². The van der Waals surface area contributed by atoms with Crippen LogP contribution in [0.1, 0.15) is 16.2 Å². The van der Waals surface area contributed by atoms with Crippen LogP contribution in [0.5, 0.6) is 17.2 Å². The SMILES string of the molecule is COc1cc(C(=O)NCC(=O)OC/C(O)=C(\C#N)c2nc3ccccc3[nH]2)cc(OC)c1OC. The minimum Gasteiger partial charge on any atom is -0.507 e. The van der Waals surface area contributed by atoms with Gasteiger partial charge in [-0.25, -0.2) is 4.98 Å². The molecular weight excluding hydrogens is 444 g/mol. The van der Waals surface area contributed by atoms with Crippen LogP contribution in [0.2, 0.25) is 0 Å². The molecule has 1 heterocycles. The number of nitriles is 1. The Labute approximate surface area is 194 Å². The lowest BCUT2D eigenvalue weighted by molar-refractivity contribution is -0.142. The van der Waals surface area contributed by atoms with Gasteiger partial charge >= 0.3 is 5.97 Å². The number of aromatic nitrogens is 2. The van der Waals surface area contributed by atoms with Crippen molar-refractivity contribution >= 4 is 28.5 Å². The van der Waals surface area contributed by atoms with Crippen LogP contribution >= 0.6 is 0 Å². The predicted octanol–water partition coefficient (Wildman–Crippen LogP) is 2.35. The van der Waals surface area contributed by atoms with Gasteiger partial charge in [-0.1, -0.05) is 12.1 Å². The van der Waals surface area contributed by atoms with Crippen LogP contribution in [0, 0.1) is 11.3 Å². The van der Waals surface area contributed by atoms with E-state index in [1.807, 2.05) is 6.07 Å². The van der Waals surface area contributed by atoms with E-state index in [4.69, 9.17) is 18.9 Å². The Balaban J connectivity index is 1.62. The smallest absolute Gasteiger partial charge is 0.325 e. The maximum absolute atomic E-state index is 12.5. The number of imidazole rings is 1. The van der Waals surface area contributed by atoms with E-state index in [1.165, 1.54) is 33.5 Å². The van der Waals surface area contributed by atoms with Crippen molar-refractivity contribution in [2.45, 2.75) is 0 Å². The summed E-state index contributed by atoms with van der Waals surface area (Å²) in [5.74, 6) is -0.872. The number of hydrogen-bond donors (Lipinski definition) is 3. The minimum atomic E-state index is -0.825. The molecule has 176 valence electrons. The van der Waals surface area contributed by atoms with Crippen LogP contribution in [-0.4, -0.2) is 61.4 Å². The van der Waals surface area contributed by atoms with Crippen LogP contribution in [-0.2, 0) is 9.53 Å². The molecule has 0 bridgehead atoms. The number of H-pyrrole nitrogens is 1. The van der Waals surface area contributed by atoms with E-state index >= 15 is 0 Å². The topological polar surface area (TPSA) is 156 Å². The van der Waals surface area contributed by atoms with Crippen LogP contribution < -0.4 is 19.5 Å². The fourth-order valence-electron chi connectivity index (χ4n) is 3.06. The quantitative estimate of drug-likeness (QED) is 0.245. The number of amides is 1.